The standard InChI is InChI=1S/C14H25F3N2O/c1-3-12(4-2)19(9-14(15,16)17)13(20)10-5-7-11(18)8-6-10/h10-12H,3-9,18H2,1-2H3. The molecule has 0 unspecified atom stereocenters. The SMILES string of the molecule is CCC(CC)N(CC(F)(F)F)C(=O)C1CCC(N)CC1. The molecular formula is C14H25F3N2O. The van der Waals surface area contributed by atoms with Crippen molar-refractivity contribution in [2.45, 2.75) is 70.6 Å². The van der Waals surface area contributed by atoms with Crippen LogP contribution in [-0.4, -0.2) is 35.6 Å². The molecule has 1 aliphatic carbocycles. The molecule has 0 bridgehead atoms. The smallest absolute Gasteiger partial charge is 0.330 e. The predicted molar refractivity (Wildman–Crippen MR) is 72.1 cm³/mol. The summed E-state index contributed by atoms with van der Waals surface area (Å²) in [7, 11) is 0. The highest BCUT2D eigenvalue weighted by molar-refractivity contribution is 5.79. The summed E-state index contributed by atoms with van der Waals surface area (Å²) in [6.45, 7) is 2.50. The first-order valence-corrected chi connectivity index (χ1v) is 7.41. The van der Waals surface area contributed by atoms with E-state index >= 15 is 0 Å². The number of hydrogen-bond acceptors (Lipinski definition) is 2. The van der Waals surface area contributed by atoms with E-state index in [1.165, 1.54) is 0 Å². The van der Waals surface area contributed by atoms with Gasteiger partial charge >= 0.3 is 6.18 Å². The molecule has 0 aliphatic heterocycles. The highest BCUT2D eigenvalue weighted by Gasteiger charge is 2.38. The number of nitrogens with zero attached hydrogens (tertiary/aromatic N) is 1. The van der Waals surface area contributed by atoms with Crippen LogP contribution in [0.4, 0.5) is 13.2 Å². The maximum atomic E-state index is 12.7. The van der Waals surface area contributed by atoms with Crippen LogP contribution in [0.2, 0.25) is 0 Å². The average molecular weight is 294 g/mol. The van der Waals surface area contributed by atoms with Gasteiger partial charge in [-0.3, -0.25) is 4.79 Å². The normalized spacial score (nSPS) is 23.9. The molecular weight excluding hydrogens is 269 g/mol. The molecule has 1 fully saturated rings. The maximum absolute atomic E-state index is 12.7. The Morgan fingerprint density at radius 3 is 2.10 bits per heavy atom. The Hall–Kier alpha value is -0.780. The molecule has 118 valence electrons. The first-order chi connectivity index (χ1) is 9.28. The summed E-state index contributed by atoms with van der Waals surface area (Å²) in [4.78, 5) is 13.5. The van der Waals surface area contributed by atoms with Crippen molar-refractivity contribution in [3.8, 4) is 0 Å². The minimum Gasteiger partial charge on any atom is -0.330 e. The number of hydrogen-bond donors (Lipinski definition) is 1. The molecule has 3 nitrogen and oxygen atoms in total. The number of rotatable bonds is 5. The van der Waals surface area contributed by atoms with E-state index in [-0.39, 0.29) is 23.9 Å². The minimum absolute atomic E-state index is 0.0864. The number of amides is 1. The topological polar surface area (TPSA) is 46.3 Å². The summed E-state index contributed by atoms with van der Waals surface area (Å²) in [6.07, 6.45) is -0.597. The Balaban J connectivity index is 2.78. The minimum atomic E-state index is -4.34. The first-order valence-electron chi connectivity index (χ1n) is 7.41. The zero-order valence-corrected chi connectivity index (χ0v) is 12.2. The molecule has 1 aliphatic rings. The van der Waals surface area contributed by atoms with Crippen LogP contribution in [0.1, 0.15) is 52.4 Å². The molecule has 0 atom stereocenters. The van der Waals surface area contributed by atoms with Gasteiger partial charge in [0.25, 0.3) is 0 Å². The second-order valence-electron chi connectivity index (χ2n) is 5.66. The number of carbonyl (C=O) groups excluding carboxylic acids is 1. The zero-order valence-electron chi connectivity index (χ0n) is 12.2. The molecule has 0 aromatic rings. The van der Waals surface area contributed by atoms with Crippen LogP contribution in [0, 0.1) is 5.92 Å². The largest absolute Gasteiger partial charge is 0.406 e. The van der Waals surface area contributed by atoms with Gasteiger partial charge in [-0.2, -0.15) is 13.2 Å². The number of carbonyl (C=O) groups is 1. The third kappa shape index (κ3) is 4.96. The molecule has 0 spiro atoms. The molecule has 0 heterocycles. The Morgan fingerprint density at radius 2 is 1.70 bits per heavy atom. The van der Waals surface area contributed by atoms with Gasteiger partial charge in [0.1, 0.15) is 6.54 Å². The molecule has 1 amide bonds. The number of alkyl halides is 3. The van der Waals surface area contributed by atoms with Crippen LogP contribution in [0.15, 0.2) is 0 Å². The molecule has 2 N–H and O–H groups in total. The zero-order chi connectivity index (χ0) is 15.3. The van der Waals surface area contributed by atoms with E-state index in [0.29, 0.717) is 25.7 Å². The molecule has 1 saturated carbocycles. The van der Waals surface area contributed by atoms with E-state index in [2.05, 4.69) is 0 Å². The molecule has 0 radical (unpaired) electrons. The lowest BCUT2D eigenvalue weighted by atomic mass is 9.85. The first kappa shape index (κ1) is 17.3. The van der Waals surface area contributed by atoms with Gasteiger partial charge in [0.15, 0.2) is 0 Å². The average Bonchev–Trinajstić information content (AvgIpc) is 2.37. The van der Waals surface area contributed by atoms with Crippen molar-refractivity contribution in [3.63, 3.8) is 0 Å². The molecule has 0 aromatic heterocycles. The summed E-state index contributed by atoms with van der Waals surface area (Å²) in [5.41, 5.74) is 5.78. The van der Waals surface area contributed by atoms with Crippen LogP contribution in [-0.2, 0) is 4.79 Å². The number of halogens is 3. The van der Waals surface area contributed by atoms with Crippen LogP contribution < -0.4 is 5.73 Å². The highest BCUT2D eigenvalue weighted by atomic mass is 19.4. The van der Waals surface area contributed by atoms with Crippen molar-refractivity contribution in [3.05, 3.63) is 0 Å². The summed E-state index contributed by atoms with van der Waals surface area (Å²) < 4.78 is 38.1. The van der Waals surface area contributed by atoms with Crippen molar-refractivity contribution in [2.24, 2.45) is 11.7 Å². The van der Waals surface area contributed by atoms with Crippen molar-refractivity contribution in [1.29, 1.82) is 0 Å². The van der Waals surface area contributed by atoms with Gasteiger partial charge in [-0.25, -0.2) is 0 Å². The van der Waals surface area contributed by atoms with E-state index in [9.17, 15) is 18.0 Å². The Labute approximate surface area is 118 Å². The van der Waals surface area contributed by atoms with Crippen molar-refractivity contribution >= 4 is 5.91 Å². The summed E-state index contributed by atoms with van der Waals surface area (Å²) in [5.74, 6) is -0.638. The van der Waals surface area contributed by atoms with E-state index in [4.69, 9.17) is 5.73 Å². The second-order valence-corrected chi connectivity index (χ2v) is 5.66. The van der Waals surface area contributed by atoms with Crippen molar-refractivity contribution in [2.75, 3.05) is 6.54 Å². The third-order valence-corrected chi connectivity index (χ3v) is 4.14. The van der Waals surface area contributed by atoms with Gasteiger partial charge in [0.05, 0.1) is 0 Å². The highest BCUT2D eigenvalue weighted by Crippen LogP contribution is 2.28. The van der Waals surface area contributed by atoms with Gasteiger partial charge in [-0.15, -0.1) is 0 Å². The fourth-order valence-electron chi connectivity index (χ4n) is 2.91. The van der Waals surface area contributed by atoms with E-state index in [1.54, 1.807) is 0 Å². The lowest BCUT2D eigenvalue weighted by molar-refractivity contribution is -0.169. The maximum Gasteiger partial charge on any atom is 0.406 e. The van der Waals surface area contributed by atoms with Crippen LogP contribution in [0.3, 0.4) is 0 Å². The van der Waals surface area contributed by atoms with Crippen LogP contribution in [0.25, 0.3) is 0 Å². The van der Waals surface area contributed by atoms with Gasteiger partial charge in [-0.05, 0) is 38.5 Å². The van der Waals surface area contributed by atoms with Gasteiger partial charge in [-0.1, -0.05) is 13.8 Å². The fourth-order valence-corrected chi connectivity index (χ4v) is 2.91. The lowest BCUT2D eigenvalue weighted by Crippen LogP contribution is -2.48. The lowest BCUT2D eigenvalue weighted by Gasteiger charge is -2.36. The molecule has 1 rings (SSSR count). The molecule has 20 heavy (non-hydrogen) atoms. The van der Waals surface area contributed by atoms with Crippen molar-refractivity contribution < 1.29 is 18.0 Å². The number of nitrogens with two attached hydrogens (primary N) is 1. The Morgan fingerprint density at radius 1 is 1.20 bits per heavy atom. The van der Waals surface area contributed by atoms with Gasteiger partial charge < -0.3 is 10.6 Å². The molecule has 6 heteroatoms. The molecule has 0 aromatic carbocycles. The quantitative estimate of drug-likeness (QED) is 0.847. The monoisotopic (exact) mass is 294 g/mol. The predicted octanol–water partition coefficient (Wildman–Crippen LogP) is 3.08. The van der Waals surface area contributed by atoms with E-state index < -0.39 is 12.7 Å². The second kappa shape index (κ2) is 7.29. The van der Waals surface area contributed by atoms with Crippen molar-refractivity contribution in [1.82, 2.24) is 4.90 Å². The molecule has 0 saturated heterocycles. The third-order valence-electron chi connectivity index (χ3n) is 4.14. The van der Waals surface area contributed by atoms with Crippen LogP contribution >= 0.6 is 0 Å². The fraction of sp³-hybridized carbons (Fsp3) is 0.929. The Bertz CT molecular complexity index is 308. The van der Waals surface area contributed by atoms with Gasteiger partial charge in [0.2, 0.25) is 5.91 Å². The van der Waals surface area contributed by atoms with Crippen LogP contribution in [0.5, 0.6) is 0 Å². The Kier molecular flexibility index (Phi) is 6.30. The van der Waals surface area contributed by atoms with E-state index in [1.807, 2.05) is 13.8 Å². The van der Waals surface area contributed by atoms with Gasteiger partial charge in [0, 0.05) is 18.0 Å². The summed E-state index contributed by atoms with van der Waals surface area (Å²) in [6, 6.07) is -0.247. The summed E-state index contributed by atoms with van der Waals surface area (Å²) in [5, 5.41) is 0. The van der Waals surface area contributed by atoms with E-state index in [0.717, 1.165) is 17.7 Å². The summed E-state index contributed by atoms with van der Waals surface area (Å²) >= 11 is 0.